The molecule has 0 aliphatic carbocycles. The lowest BCUT2D eigenvalue weighted by molar-refractivity contribution is -0.918. The fourth-order valence-corrected chi connectivity index (χ4v) is 2.51. The second kappa shape index (κ2) is 6.65. The Morgan fingerprint density at radius 1 is 1.37 bits per heavy atom. The number of aliphatic hydroxyl groups is 1. The van der Waals surface area contributed by atoms with E-state index in [9.17, 15) is 9.90 Å². The number of benzene rings is 1. The Hall–Kier alpha value is -1.43. The van der Waals surface area contributed by atoms with Crippen molar-refractivity contribution < 1.29 is 19.9 Å². The maximum absolute atomic E-state index is 10.8. The molecule has 104 valence electrons. The first kappa shape index (κ1) is 14.0. The third-order valence-electron chi connectivity index (χ3n) is 3.60. The van der Waals surface area contributed by atoms with E-state index in [2.05, 4.69) is 4.90 Å². The van der Waals surface area contributed by atoms with Crippen LogP contribution < -0.4 is 10.0 Å². The van der Waals surface area contributed by atoms with Gasteiger partial charge >= 0.3 is 0 Å². The number of carboxylic acid groups (broad SMARTS) is 1. The molecule has 5 nitrogen and oxygen atoms in total. The number of piperazine rings is 1. The molecule has 1 heterocycles. The molecule has 1 aromatic carbocycles. The van der Waals surface area contributed by atoms with Crippen molar-refractivity contribution in [2.75, 3.05) is 39.3 Å². The second-order valence-corrected chi connectivity index (χ2v) is 4.98. The summed E-state index contributed by atoms with van der Waals surface area (Å²) in [5.41, 5.74) is 1.28. The van der Waals surface area contributed by atoms with Gasteiger partial charge in [0.05, 0.1) is 25.7 Å². The van der Waals surface area contributed by atoms with Crippen molar-refractivity contribution in [3.8, 4) is 0 Å². The molecule has 2 N–H and O–H groups in total. The largest absolute Gasteiger partial charge is 0.545 e. The SMILES string of the molecule is O=C([O-])c1cccc(C[NH+]2CCN(CCO)CC2)c1. The average molecular weight is 264 g/mol. The summed E-state index contributed by atoms with van der Waals surface area (Å²) in [6.07, 6.45) is 0. The Morgan fingerprint density at radius 2 is 2.11 bits per heavy atom. The number of aliphatic hydroxyl groups excluding tert-OH is 1. The third-order valence-corrected chi connectivity index (χ3v) is 3.60. The number of carbonyl (C=O) groups excluding carboxylic acids is 1. The van der Waals surface area contributed by atoms with Crippen LogP contribution in [0.1, 0.15) is 15.9 Å². The average Bonchev–Trinajstić information content (AvgIpc) is 2.42. The summed E-state index contributed by atoms with van der Waals surface area (Å²) >= 11 is 0. The molecule has 0 atom stereocenters. The number of nitrogens with one attached hydrogen (secondary N) is 1. The monoisotopic (exact) mass is 264 g/mol. The summed E-state index contributed by atoms with van der Waals surface area (Å²) in [6, 6.07) is 6.98. The van der Waals surface area contributed by atoms with Crippen LogP contribution in [0.5, 0.6) is 0 Å². The molecular weight excluding hydrogens is 244 g/mol. The molecule has 2 rings (SSSR count). The lowest BCUT2D eigenvalue weighted by atomic mass is 10.1. The Balaban J connectivity index is 1.88. The molecule has 1 aliphatic rings. The maximum Gasteiger partial charge on any atom is 0.103 e. The van der Waals surface area contributed by atoms with Gasteiger partial charge in [-0.05, 0) is 11.6 Å². The molecule has 5 heteroatoms. The van der Waals surface area contributed by atoms with E-state index in [1.807, 2.05) is 6.07 Å². The molecule has 19 heavy (non-hydrogen) atoms. The van der Waals surface area contributed by atoms with Gasteiger partial charge in [0.25, 0.3) is 0 Å². The van der Waals surface area contributed by atoms with Crippen LogP contribution in [0.25, 0.3) is 0 Å². The Labute approximate surface area is 113 Å². The van der Waals surface area contributed by atoms with Crippen molar-refractivity contribution in [3.05, 3.63) is 35.4 Å². The quantitative estimate of drug-likeness (QED) is 0.630. The summed E-state index contributed by atoms with van der Waals surface area (Å²) < 4.78 is 0. The van der Waals surface area contributed by atoms with Gasteiger partial charge in [0.15, 0.2) is 0 Å². The number of carboxylic acids is 1. The molecule has 0 bridgehead atoms. The number of aromatic carboxylic acids is 1. The predicted molar refractivity (Wildman–Crippen MR) is 68.7 cm³/mol. The highest BCUT2D eigenvalue weighted by atomic mass is 16.4. The van der Waals surface area contributed by atoms with Crippen LogP contribution in [-0.4, -0.2) is 55.3 Å². The fourth-order valence-electron chi connectivity index (χ4n) is 2.51. The van der Waals surface area contributed by atoms with Crippen molar-refractivity contribution in [2.45, 2.75) is 6.54 Å². The molecule has 1 saturated heterocycles. The highest BCUT2D eigenvalue weighted by Crippen LogP contribution is 2.03. The summed E-state index contributed by atoms with van der Waals surface area (Å²) in [4.78, 5) is 14.5. The van der Waals surface area contributed by atoms with Crippen molar-refractivity contribution in [1.29, 1.82) is 0 Å². The molecule has 1 aromatic rings. The zero-order valence-corrected chi connectivity index (χ0v) is 11.0. The van der Waals surface area contributed by atoms with E-state index in [1.54, 1.807) is 18.2 Å². The van der Waals surface area contributed by atoms with Gasteiger partial charge in [-0.2, -0.15) is 0 Å². The van der Waals surface area contributed by atoms with Crippen molar-refractivity contribution in [2.24, 2.45) is 0 Å². The zero-order valence-electron chi connectivity index (χ0n) is 11.0. The molecule has 0 radical (unpaired) electrons. The van der Waals surface area contributed by atoms with E-state index in [4.69, 9.17) is 5.11 Å². The van der Waals surface area contributed by atoms with E-state index < -0.39 is 5.97 Å². The molecule has 0 amide bonds. The number of hydrogen-bond acceptors (Lipinski definition) is 4. The van der Waals surface area contributed by atoms with E-state index in [-0.39, 0.29) is 12.2 Å². The normalized spacial score (nSPS) is 17.5. The lowest BCUT2D eigenvalue weighted by Crippen LogP contribution is -3.13. The first-order chi connectivity index (χ1) is 9.19. The van der Waals surface area contributed by atoms with Gasteiger partial charge in [-0.1, -0.05) is 18.2 Å². The van der Waals surface area contributed by atoms with Crippen LogP contribution in [0.4, 0.5) is 0 Å². The summed E-state index contributed by atoms with van der Waals surface area (Å²) in [7, 11) is 0. The first-order valence-electron chi connectivity index (χ1n) is 6.66. The van der Waals surface area contributed by atoms with Crippen LogP contribution >= 0.6 is 0 Å². The highest BCUT2D eigenvalue weighted by molar-refractivity contribution is 5.85. The summed E-state index contributed by atoms with van der Waals surface area (Å²) in [6.45, 7) is 5.81. The van der Waals surface area contributed by atoms with E-state index >= 15 is 0 Å². The minimum Gasteiger partial charge on any atom is -0.545 e. The van der Waals surface area contributed by atoms with Crippen molar-refractivity contribution in [1.82, 2.24) is 4.90 Å². The first-order valence-corrected chi connectivity index (χ1v) is 6.66. The fraction of sp³-hybridized carbons (Fsp3) is 0.500. The zero-order chi connectivity index (χ0) is 13.7. The van der Waals surface area contributed by atoms with Gasteiger partial charge in [0, 0.05) is 25.2 Å². The molecule has 1 aliphatic heterocycles. The maximum atomic E-state index is 10.8. The molecule has 1 fully saturated rings. The number of nitrogens with zero attached hydrogens (tertiary/aromatic N) is 1. The van der Waals surface area contributed by atoms with E-state index in [0.717, 1.165) is 44.8 Å². The Kier molecular flexibility index (Phi) is 4.90. The minimum absolute atomic E-state index is 0.211. The van der Waals surface area contributed by atoms with Crippen molar-refractivity contribution in [3.63, 3.8) is 0 Å². The van der Waals surface area contributed by atoms with Gasteiger partial charge in [0.1, 0.15) is 6.54 Å². The highest BCUT2D eigenvalue weighted by Gasteiger charge is 2.19. The van der Waals surface area contributed by atoms with E-state index in [1.165, 1.54) is 4.90 Å². The number of carbonyl (C=O) groups is 1. The van der Waals surface area contributed by atoms with Crippen molar-refractivity contribution >= 4 is 5.97 Å². The molecule has 0 saturated carbocycles. The number of quaternary nitrogens is 1. The summed E-state index contributed by atoms with van der Waals surface area (Å²) in [5.74, 6) is -1.12. The smallest absolute Gasteiger partial charge is 0.103 e. The van der Waals surface area contributed by atoms with Crippen LogP contribution in [0.15, 0.2) is 24.3 Å². The predicted octanol–water partition coefficient (Wildman–Crippen LogP) is -2.26. The molecule has 0 unspecified atom stereocenters. The second-order valence-electron chi connectivity index (χ2n) is 4.98. The topological polar surface area (TPSA) is 68.0 Å². The Morgan fingerprint density at radius 3 is 2.74 bits per heavy atom. The van der Waals surface area contributed by atoms with Crippen LogP contribution in [0.3, 0.4) is 0 Å². The standard InChI is InChI=1S/C14H20N2O3/c17-9-8-15-4-6-16(7-5-15)11-12-2-1-3-13(10-12)14(18)19/h1-3,10,17H,4-9,11H2,(H,18,19). The van der Waals surface area contributed by atoms with E-state index in [0.29, 0.717) is 0 Å². The number of hydrogen-bond donors (Lipinski definition) is 2. The van der Waals surface area contributed by atoms with Gasteiger partial charge in [-0.3, -0.25) is 4.90 Å². The minimum atomic E-state index is -1.12. The number of β-amino-alcohol motifs (C(OH)–C–C–N with tert-alkyl or cyclic N) is 1. The number of rotatable bonds is 5. The molecule has 0 spiro atoms. The third kappa shape index (κ3) is 4.02. The van der Waals surface area contributed by atoms with Crippen LogP contribution in [0, 0.1) is 0 Å². The molecular formula is C14H20N2O3. The van der Waals surface area contributed by atoms with Crippen LogP contribution in [-0.2, 0) is 6.54 Å². The summed E-state index contributed by atoms with van der Waals surface area (Å²) in [5, 5.41) is 19.7. The van der Waals surface area contributed by atoms with Gasteiger partial charge in [-0.25, -0.2) is 0 Å². The Bertz CT molecular complexity index is 428. The van der Waals surface area contributed by atoms with Gasteiger partial charge in [-0.15, -0.1) is 0 Å². The molecule has 0 aromatic heterocycles. The van der Waals surface area contributed by atoms with Crippen LogP contribution in [0.2, 0.25) is 0 Å². The lowest BCUT2D eigenvalue weighted by Gasteiger charge is -2.31. The van der Waals surface area contributed by atoms with Gasteiger partial charge < -0.3 is 19.9 Å². The van der Waals surface area contributed by atoms with Gasteiger partial charge in [0.2, 0.25) is 0 Å².